The molecule has 1 saturated carbocycles. The quantitative estimate of drug-likeness (QED) is 0.669. The number of aliphatic hydroxyl groups is 1. The van der Waals surface area contributed by atoms with Crippen LogP contribution in [-0.4, -0.2) is 42.3 Å². The van der Waals surface area contributed by atoms with Crippen LogP contribution in [0, 0.1) is 5.92 Å². The van der Waals surface area contributed by atoms with Gasteiger partial charge in [0.25, 0.3) is 0 Å². The Labute approximate surface area is 80.9 Å². The van der Waals surface area contributed by atoms with Crippen LogP contribution >= 0.6 is 0 Å². The lowest BCUT2D eigenvalue weighted by Crippen LogP contribution is -2.37. The Hall–Kier alpha value is -0.120. The molecule has 3 unspecified atom stereocenters. The average Bonchev–Trinajstić information content (AvgIpc) is 2.34. The fraction of sp³-hybridized carbons (Fsp3) is 1.00. The van der Waals surface area contributed by atoms with Gasteiger partial charge in [-0.2, -0.15) is 0 Å². The van der Waals surface area contributed by atoms with Crippen LogP contribution in [0.4, 0.5) is 0 Å². The standard InChI is InChI=1S/C10H22N2O/c1-8(13)6-12(2)7-9-4-3-5-10(9)11/h8-10,13H,3-7,11H2,1-2H3. The summed E-state index contributed by atoms with van der Waals surface area (Å²) in [5.74, 6) is 0.642. The highest BCUT2D eigenvalue weighted by molar-refractivity contribution is 4.82. The lowest BCUT2D eigenvalue weighted by molar-refractivity contribution is 0.130. The van der Waals surface area contributed by atoms with Crippen molar-refractivity contribution in [3.05, 3.63) is 0 Å². The Morgan fingerprint density at radius 1 is 1.54 bits per heavy atom. The van der Waals surface area contributed by atoms with Gasteiger partial charge in [0.2, 0.25) is 0 Å². The first-order valence-corrected chi connectivity index (χ1v) is 5.21. The molecule has 1 rings (SSSR count). The van der Waals surface area contributed by atoms with Gasteiger partial charge >= 0.3 is 0 Å². The minimum absolute atomic E-state index is 0.234. The Bertz CT molecular complexity index is 150. The Morgan fingerprint density at radius 2 is 2.23 bits per heavy atom. The van der Waals surface area contributed by atoms with Crippen LogP contribution in [0.15, 0.2) is 0 Å². The number of likely N-dealkylation sites (N-methyl/N-ethyl adjacent to an activating group) is 1. The number of nitrogens with two attached hydrogens (primary N) is 1. The van der Waals surface area contributed by atoms with Gasteiger partial charge in [0.05, 0.1) is 6.10 Å². The molecule has 0 aromatic rings. The van der Waals surface area contributed by atoms with Crippen molar-refractivity contribution in [3.63, 3.8) is 0 Å². The van der Waals surface area contributed by atoms with Gasteiger partial charge in [-0.15, -0.1) is 0 Å². The minimum Gasteiger partial charge on any atom is -0.392 e. The molecule has 3 heteroatoms. The zero-order valence-electron chi connectivity index (χ0n) is 8.74. The van der Waals surface area contributed by atoms with Crippen LogP contribution in [0.25, 0.3) is 0 Å². The first-order chi connectivity index (χ1) is 6.09. The Morgan fingerprint density at radius 3 is 2.69 bits per heavy atom. The van der Waals surface area contributed by atoms with Crippen molar-refractivity contribution in [1.29, 1.82) is 0 Å². The molecule has 0 aromatic carbocycles. The van der Waals surface area contributed by atoms with Crippen molar-refractivity contribution in [1.82, 2.24) is 4.90 Å². The third-order valence-corrected chi connectivity index (χ3v) is 2.84. The lowest BCUT2D eigenvalue weighted by atomic mass is 10.0. The van der Waals surface area contributed by atoms with Gasteiger partial charge in [-0.1, -0.05) is 6.42 Å². The van der Waals surface area contributed by atoms with Gasteiger partial charge in [-0.05, 0) is 32.7 Å². The summed E-state index contributed by atoms with van der Waals surface area (Å²) in [5, 5.41) is 9.19. The first kappa shape index (κ1) is 11.0. The van der Waals surface area contributed by atoms with E-state index >= 15 is 0 Å². The summed E-state index contributed by atoms with van der Waals surface area (Å²) in [6.45, 7) is 3.61. The summed E-state index contributed by atoms with van der Waals surface area (Å²) in [6.07, 6.45) is 3.47. The van der Waals surface area contributed by atoms with Gasteiger partial charge in [-0.3, -0.25) is 0 Å². The van der Waals surface area contributed by atoms with E-state index in [1.54, 1.807) is 0 Å². The largest absolute Gasteiger partial charge is 0.392 e. The maximum absolute atomic E-state index is 9.19. The van der Waals surface area contributed by atoms with Crippen LogP contribution in [-0.2, 0) is 0 Å². The van der Waals surface area contributed by atoms with Crippen molar-refractivity contribution >= 4 is 0 Å². The third kappa shape index (κ3) is 3.63. The highest BCUT2D eigenvalue weighted by Gasteiger charge is 2.24. The molecule has 0 bridgehead atoms. The molecule has 0 amide bonds. The zero-order chi connectivity index (χ0) is 9.84. The van der Waals surface area contributed by atoms with E-state index < -0.39 is 0 Å². The van der Waals surface area contributed by atoms with E-state index in [9.17, 15) is 5.11 Å². The van der Waals surface area contributed by atoms with Gasteiger partial charge < -0.3 is 15.7 Å². The molecule has 0 saturated heterocycles. The molecule has 0 spiro atoms. The summed E-state index contributed by atoms with van der Waals surface area (Å²) >= 11 is 0. The number of rotatable bonds is 4. The van der Waals surface area contributed by atoms with Crippen LogP contribution < -0.4 is 5.73 Å². The summed E-state index contributed by atoms with van der Waals surface area (Å²) < 4.78 is 0. The molecule has 3 nitrogen and oxygen atoms in total. The topological polar surface area (TPSA) is 49.5 Å². The Kier molecular flexibility index (Phi) is 4.16. The average molecular weight is 186 g/mol. The van der Waals surface area contributed by atoms with Crippen molar-refractivity contribution in [3.8, 4) is 0 Å². The van der Waals surface area contributed by atoms with Crippen LogP contribution in [0.2, 0.25) is 0 Å². The molecule has 3 atom stereocenters. The van der Waals surface area contributed by atoms with Gasteiger partial charge in [0.15, 0.2) is 0 Å². The monoisotopic (exact) mass is 186 g/mol. The molecule has 0 aliphatic heterocycles. The van der Waals surface area contributed by atoms with Crippen molar-refractivity contribution in [2.75, 3.05) is 20.1 Å². The molecule has 1 aliphatic carbocycles. The van der Waals surface area contributed by atoms with E-state index in [1.165, 1.54) is 19.3 Å². The molecular formula is C10H22N2O. The number of aliphatic hydroxyl groups excluding tert-OH is 1. The Balaban J connectivity index is 2.22. The lowest BCUT2D eigenvalue weighted by Gasteiger charge is -2.24. The van der Waals surface area contributed by atoms with Gasteiger partial charge in [0, 0.05) is 19.1 Å². The van der Waals surface area contributed by atoms with Crippen LogP contribution in [0.3, 0.4) is 0 Å². The van der Waals surface area contributed by atoms with E-state index in [2.05, 4.69) is 11.9 Å². The zero-order valence-corrected chi connectivity index (χ0v) is 8.74. The molecule has 1 aliphatic rings. The van der Waals surface area contributed by atoms with Crippen molar-refractivity contribution in [2.24, 2.45) is 11.7 Å². The van der Waals surface area contributed by atoms with E-state index in [-0.39, 0.29) is 6.10 Å². The van der Waals surface area contributed by atoms with E-state index in [4.69, 9.17) is 5.73 Å². The molecule has 3 N–H and O–H groups in total. The molecule has 0 heterocycles. The second-order valence-corrected chi connectivity index (χ2v) is 4.43. The summed E-state index contributed by atoms with van der Waals surface area (Å²) in [7, 11) is 2.05. The highest BCUT2D eigenvalue weighted by Crippen LogP contribution is 2.24. The third-order valence-electron chi connectivity index (χ3n) is 2.84. The predicted octanol–water partition coefficient (Wildman–Crippen LogP) is 0.426. The molecule has 13 heavy (non-hydrogen) atoms. The maximum Gasteiger partial charge on any atom is 0.0638 e. The SMILES string of the molecule is CC(O)CN(C)CC1CCCC1N. The second-order valence-electron chi connectivity index (χ2n) is 4.43. The normalized spacial score (nSPS) is 31.2. The van der Waals surface area contributed by atoms with Crippen molar-refractivity contribution < 1.29 is 5.11 Å². The summed E-state index contributed by atoms with van der Waals surface area (Å²) in [6, 6.07) is 0.386. The first-order valence-electron chi connectivity index (χ1n) is 5.21. The van der Waals surface area contributed by atoms with Crippen LogP contribution in [0.1, 0.15) is 26.2 Å². The number of hydrogen-bond donors (Lipinski definition) is 2. The van der Waals surface area contributed by atoms with E-state index in [1.807, 2.05) is 6.92 Å². The maximum atomic E-state index is 9.19. The van der Waals surface area contributed by atoms with Crippen LogP contribution in [0.5, 0.6) is 0 Å². The van der Waals surface area contributed by atoms with Gasteiger partial charge in [0.1, 0.15) is 0 Å². The summed E-state index contributed by atoms with van der Waals surface area (Å²) in [5.41, 5.74) is 5.97. The highest BCUT2D eigenvalue weighted by atomic mass is 16.3. The molecule has 78 valence electrons. The smallest absolute Gasteiger partial charge is 0.0638 e. The molecular weight excluding hydrogens is 164 g/mol. The minimum atomic E-state index is -0.234. The van der Waals surface area contributed by atoms with Crippen molar-refractivity contribution in [2.45, 2.75) is 38.3 Å². The van der Waals surface area contributed by atoms with E-state index in [0.29, 0.717) is 12.0 Å². The molecule has 0 aromatic heterocycles. The molecule has 1 fully saturated rings. The fourth-order valence-electron chi connectivity index (χ4n) is 2.22. The predicted molar refractivity (Wildman–Crippen MR) is 54.5 cm³/mol. The second kappa shape index (κ2) is 4.94. The summed E-state index contributed by atoms with van der Waals surface area (Å²) in [4.78, 5) is 2.18. The van der Waals surface area contributed by atoms with Gasteiger partial charge in [-0.25, -0.2) is 0 Å². The molecule has 0 radical (unpaired) electrons. The fourth-order valence-corrected chi connectivity index (χ4v) is 2.22. The number of nitrogens with zero attached hydrogens (tertiary/aromatic N) is 1. The van der Waals surface area contributed by atoms with E-state index in [0.717, 1.165) is 13.1 Å². The number of hydrogen-bond acceptors (Lipinski definition) is 3.